The van der Waals surface area contributed by atoms with Gasteiger partial charge in [0.15, 0.2) is 0 Å². The number of hydrogen-bond acceptors (Lipinski definition) is 3. The summed E-state index contributed by atoms with van der Waals surface area (Å²) in [5, 5.41) is 5.19. The van der Waals surface area contributed by atoms with Gasteiger partial charge in [0.25, 0.3) is 0 Å². The molecular weight excluding hydrogens is 280 g/mol. The molecule has 0 aromatic carbocycles. The number of nitrogens with zero attached hydrogens (tertiary/aromatic N) is 1. The summed E-state index contributed by atoms with van der Waals surface area (Å²) in [6.45, 7) is 9.00. The average molecular weight is 308 g/mol. The molecule has 1 aromatic heterocycles. The zero-order chi connectivity index (χ0) is 15.1. The van der Waals surface area contributed by atoms with Crippen molar-refractivity contribution in [2.45, 2.75) is 39.5 Å². The summed E-state index contributed by atoms with van der Waals surface area (Å²) < 4.78 is 0. The van der Waals surface area contributed by atoms with Crippen molar-refractivity contribution in [1.82, 2.24) is 10.2 Å². The summed E-state index contributed by atoms with van der Waals surface area (Å²) in [7, 11) is 0. The molecule has 1 saturated heterocycles. The van der Waals surface area contributed by atoms with Gasteiger partial charge in [-0.15, -0.1) is 11.3 Å². The number of piperidine rings is 1. The van der Waals surface area contributed by atoms with E-state index in [0.29, 0.717) is 12.3 Å². The zero-order valence-electron chi connectivity index (χ0n) is 13.3. The number of aryl methyl sites for hydroxylation is 1. The van der Waals surface area contributed by atoms with Gasteiger partial charge in [0.05, 0.1) is 0 Å². The zero-order valence-corrected chi connectivity index (χ0v) is 14.1. The van der Waals surface area contributed by atoms with Crippen LogP contribution >= 0.6 is 11.3 Å². The maximum Gasteiger partial charge on any atom is 0.220 e. The second kappa shape index (κ2) is 8.54. The van der Waals surface area contributed by atoms with Crippen LogP contribution in [0.4, 0.5) is 0 Å². The Hall–Kier alpha value is -0.870. The lowest BCUT2D eigenvalue weighted by atomic mass is 9.96. The fourth-order valence-electron chi connectivity index (χ4n) is 2.93. The van der Waals surface area contributed by atoms with Crippen molar-refractivity contribution in [1.29, 1.82) is 0 Å². The molecule has 118 valence electrons. The van der Waals surface area contributed by atoms with Crippen LogP contribution in [0.15, 0.2) is 17.5 Å². The van der Waals surface area contributed by atoms with Gasteiger partial charge in [-0.2, -0.15) is 0 Å². The van der Waals surface area contributed by atoms with Crippen LogP contribution in [0.2, 0.25) is 0 Å². The molecule has 0 unspecified atom stereocenters. The van der Waals surface area contributed by atoms with E-state index in [2.05, 4.69) is 35.5 Å². The Morgan fingerprint density at radius 2 is 2.19 bits per heavy atom. The van der Waals surface area contributed by atoms with Crippen LogP contribution in [-0.4, -0.2) is 37.0 Å². The molecule has 0 radical (unpaired) electrons. The lowest BCUT2D eigenvalue weighted by Crippen LogP contribution is -2.40. The molecule has 1 fully saturated rings. The predicted molar refractivity (Wildman–Crippen MR) is 89.7 cm³/mol. The number of nitrogens with one attached hydrogen (secondary N) is 1. The van der Waals surface area contributed by atoms with E-state index in [1.54, 1.807) is 11.3 Å². The third-order valence-electron chi connectivity index (χ3n) is 4.10. The van der Waals surface area contributed by atoms with E-state index < -0.39 is 0 Å². The Kier molecular flexibility index (Phi) is 6.71. The summed E-state index contributed by atoms with van der Waals surface area (Å²) in [4.78, 5) is 15.7. The fraction of sp³-hybridized carbons (Fsp3) is 0.706. The normalized spacial score (nSPS) is 17.3. The molecule has 21 heavy (non-hydrogen) atoms. The first-order valence-electron chi connectivity index (χ1n) is 8.15. The largest absolute Gasteiger partial charge is 0.356 e. The lowest BCUT2D eigenvalue weighted by molar-refractivity contribution is -0.121. The molecular formula is C17H28N2OS. The van der Waals surface area contributed by atoms with Crippen LogP contribution in [0, 0.1) is 11.8 Å². The molecule has 2 rings (SSSR count). The molecule has 1 amide bonds. The first-order valence-corrected chi connectivity index (χ1v) is 9.03. The molecule has 0 saturated carbocycles. The van der Waals surface area contributed by atoms with Crippen LogP contribution in [0.3, 0.4) is 0 Å². The minimum atomic E-state index is 0.202. The van der Waals surface area contributed by atoms with Crippen molar-refractivity contribution < 1.29 is 4.79 Å². The topological polar surface area (TPSA) is 32.3 Å². The molecule has 0 spiro atoms. The van der Waals surface area contributed by atoms with Gasteiger partial charge in [-0.25, -0.2) is 0 Å². The maximum atomic E-state index is 11.9. The summed E-state index contributed by atoms with van der Waals surface area (Å²) >= 11 is 1.73. The van der Waals surface area contributed by atoms with E-state index in [-0.39, 0.29) is 5.91 Å². The first-order chi connectivity index (χ1) is 10.1. The number of hydrogen-bond donors (Lipinski definition) is 1. The Balaban J connectivity index is 1.57. The standard InChI is InChI=1S/C17H28N2OS/c1-14(2)13-19-9-7-15(8-10-19)12-18-17(20)6-5-16-4-3-11-21-16/h3-4,11,14-15H,5-10,12-13H2,1-2H3,(H,18,20). The van der Waals surface area contributed by atoms with Crippen LogP contribution in [0.1, 0.15) is 38.0 Å². The van der Waals surface area contributed by atoms with Crippen LogP contribution in [0.25, 0.3) is 0 Å². The molecule has 1 aromatic rings. The van der Waals surface area contributed by atoms with Crippen molar-refractivity contribution in [2.75, 3.05) is 26.2 Å². The number of carbonyl (C=O) groups excluding carboxylic acids is 1. The van der Waals surface area contributed by atoms with Gasteiger partial charge < -0.3 is 10.2 Å². The number of thiophene rings is 1. The Morgan fingerprint density at radius 3 is 2.81 bits per heavy atom. The molecule has 0 bridgehead atoms. The molecule has 1 N–H and O–H groups in total. The van der Waals surface area contributed by atoms with Gasteiger partial charge in [0.2, 0.25) is 5.91 Å². The monoisotopic (exact) mass is 308 g/mol. The first kappa shape index (κ1) is 16.5. The van der Waals surface area contributed by atoms with Crippen molar-refractivity contribution in [3.05, 3.63) is 22.4 Å². The molecule has 2 heterocycles. The average Bonchev–Trinajstić information content (AvgIpc) is 2.97. The van der Waals surface area contributed by atoms with Crippen LogP contribution in [-0.2, 0) is 11.2 Å². The SMILES string of the molecule is CC(C)CN1CCC(CNC(=O)CCc2cccs2)CC1. The van der Waals surface area contributed by atoms with Crippen molar-refractivity contribution in [3.8, 4) is 0 Å². The Labute approximate surface area is 132 Å². The summed E-state index contributed by atoms with van der Waals surface area (Å²) in [5.41, 5.74) is 0. The Morgan fingerprint density at radius 1 is 1.43 bits per heavy atom. The highest BCUT2D eigenvalue weighted by Crippen LogP contribution is 2.17. The van der Waals surface area contributed by atoms with Gasteiger partial charge in [0.1, 0.15) is 0 Å². The van der Waals surface area contributed by atoms with Gasteiger partial charge >= 0.3 is 0 Å². The van der Waals surface area contributed by atoms with E-state index in [9.17, 15) is 4.79 Å². The van der Waals surface area contributed by atoms with E-state index >= 15 is 0 Å². The molecule has 3 nitrogen and oxygen atoms in total. The van der Waals surface area contributed by atoms with Crippen LogP contribution in [0.5, 0.6) is 0 Å². The van der Waals surface area contributed by atoms with E-state index in [0.717, 1.165) is 18.9 Å². The summed E-state index contributed by atoms with van der Waals surface area (Å²) in [5.74, 6) is 1.62. The minimum Gasteiger partial charge on any atom is -0.356 e. The molecule has 4 heteroatoms. The summed E-state index contributed by atoms with van der Waals surface area (Å²) in [6, 6.07) is 4.14. The van der Waals surface area contributed by atoms with E-state index in [1.807, 2.05) is 6.07 Å². The minimum absolute atomic E-state index is 0.202. The highest BCUT2D eigenvalue weighted by atomic mass is 32.1. The molecule has 0 atom stereocenters. The maximum absolute atomic E-state index is 11.9. The lowest BCUT2D eigenvalue weighted by Gasteiger charge is -2.33. The molecule has 0 aliphatic carbocycles. The smallest absolute Gasteiger partial charge is 0.220 e. The van der Waals surface area contributed by atoms with Gasteiger partial charge in [0, 0.05) is 24.4 Å². The van der Waals surface area contributed by atoms with Crippen LogP contribution < -0.4 is 5.32 Å². The van der Waals surface area contributed by atoms with Crippen molar-refractivity contribution in [2.24, 2.45) is 11.8 Å². The number of carbonyl (C=O) groups is 1. The highest BCUT2D eigenvalue weighted by molar-refractivity contribution is 7.09. The second-order valence-electron chi connectivity index (χ2n) is 6.52. The second-order valence-corrected chi connectivity index (χ2v) is 7.55. The number of rotatable bonds is 7. The highest BCUT2D eigenvalue weighted by Gasteiger charge is 2.19. The van der Waals surface area contributed by atoms with E-state index in [4.69, 9.17) is 0 Å². The summed E-state index contributed by atoms with van der Waals surface area (Å²) in [6.07, 6.45) is 3.93. The predicted octanol–water partition coefficient (Wildman–Crippen LogP) is 3.16. The number of amides is 1. The van der Waals surface area contributed by atoms with E-state index in [1.165, 1.54) is 37.4 Å². The fourth-order valence-corrected chi connectivity index (χ4v) is 3.64. The van der Waals surface area contributed by atoms with Gasteiger partial charge in [-0.3, -0.25) is 4.79 Å². The number of likely N-dealkylation sites (tertiary alicyclic amines) is 1. The van der Waals surface area contributed by atoms with Crippen molar-refractivity contribution in [3.63, 3.8) is 0 Å². The third-order valence-corrected chi connectivity index (χ3v) is 5.03. The van der Waals surface area contributed by atoms with Gasteiger partial charge in [-0.05, 0) is 55.6 Å². The van der Waals surface area contributed by atoms with Gasteiger partial charge in [-0.1, -0.05) is 19.9 Å². The van der Waals surface area contributed by atoms with Crippen molar-refractivity contribution >= 4 is 17.2 Å². The third kappa shape index (κ3) is 6.18. The molecule has 1 aliphatic rings. The Bertz CT molecular complexity index is 408. The quantitative estimate of drug-likeness (QED) is 0.839. The molecule has 1 aliphatic heterocycles.